The molecule has 1 aliphatic rings. The van der Waals surface area contributed by atoms with Crippen molar-refractivity contribution in [2.75, 3.05) is 7.05 Å². The summed E-state index contributed by atoms with van der Waals surface area (Å²) in [6.45, 7) is 0. The number of halogens is 2. The second kappa shape index (κ2) is 2.52. The number of nitrogens with one attached hydrogen (secondary N) is 1. The van der Waals surface area contributed by atoms with Crippen molar-refractivity contribution in [3.05, 3.63) is 0 Å². The third-order valence-electron chi connectivity index (χ3n) is 1.79. The molecule has 0 aromatic rings. The molecule has 2 nitrogen and oxygen atoms in total. The SMILES string of the molecule is CNC(=O)C1CC(F)C1F. The van der Waals surface area contributed by atoms with Crippen molar-refractivity contribution in [3.63, 3.8) is 0 Å². The number of alkyl halides is 2. The Kier molecular flexibility index (Phi) is 1.87. The van der Waals surface area contributed by atoms with Crippen LogP contribution in [0.2, 0.25) is 0 Å². The van der Waals surface area contributed by atoms with Crippen LogP contribution >= 0.6 is 0 Å². The van der Waals surface area contributed by atoms with Crippen LogP contribution in [0.5, 0.6) is 0 Å². The first kappa shape index (κ1) is 7.44. The van der Waals surface area contributed by atoms with E-state index in [0.29, 0.717) is 0 Å². The molecular weight excluding hydrogens is 140 g/mol. The number of amides is 1. The first-order chi connectivity index (χ1) is 4.66. The lowest BCUT2D eigenvalue weighted by Gasteiger charge is -2.32. The van der Waals surface area contributed by atoms with Crippen molar-refractivity contribution < 1.29 is 13.6 Å². The highest BCUT2D eigenvalue weighted by Crippen LogP contribution is 2.33. The molecule has 0 spiro atoms. The van der Waals surface area contributed by atoms with Crippen molar-refractivity contribution >= 4 is 5.91 Å². The average Bonchev–Trinajstić information content (AvgIpc) is 1.98. The van der Waals surface area contributed by atoms with Crippen LogP contribution in [0.3, 0.4) is 0 Å². The van der Waals surface area contributed by atoms with Crippen LogP contribution in [-0.4, -0.2) is 25.3 Å². The number of carbonyl (C=O) groups is 1. The van der Waals surface area contributed by atoms with Crippen LogP contribution in [0, 0.1) is 5.92 Å². The van der Waals surface area contributed by atoms with E-state index in [1.807, 2.05) is 0 Å². The highest BCUT2D eigenvalue weighted by molar-refractivity contribution is 5.80. The minimum absolute atomic E-state index is 0.0286. The van der Waals surface area contributed by atoms with E-state index in [2.05, 4.69) is 5.32 Å². The van der Waals surface area contributed by atoms with Crippen LogP contribution in [0.4, 0.5) is 8.78 Å². The molecule has 0 aromatic heterocycles. The van der Waals surface area contributed by atoms with E-state index in [0.717, 1.165) is 0 Å². The molecule has 0 heterocycles. The maximum absolute atomic E-state index is 12.4. The first-order valence-electron chi connectivity index (χ1n) is 3.16. The van der Waals surface area contributed by atoms with E-state index in [1.165, 1.54) is 7.05 Å². The highest BCUT2D eigenvalue weighted by atomic mass is 19.2. The van der Waals surface area contributed by atoms with Gasteiger partial charge in [-0.15, -0.1) is 0 Å². The second-order valence-electron chi connectivity index (χ2n) is 2.42. The van der Waals surface area contributed by atoms with Gasteiger partial charge in [0.2, 0.25) is 5.91 Å². The summed E-state index contributed by atoms with van der Waals surface area (Å²) in [7, 11) is 1.42. The monoisotopic (exact) mass is 149 g/mol. The fourth-order valence-electron chi connectivity index (χ4n) is 0.996. The molecule has 0 saturated heterocycles. The number of rotatable bonds is 1. The summed E-state index contributed by atoms with van der Waals surface area (Å²) in [5, 5.41) is 2.27. The Morgan fingerprint density at radius 2 is 2.20 bits per heavy atom. The van der Waals surface area contributed by atoms with Gasteiger partial charge < -0.3 is 5.32 Å². The van der Waals surface area contributed by atoms with Gasteiger partial charge in [-0.3, -0.25) is 4.79 Å². The van der Waals surface area contributed by atoms with Crippen molar-refractivity contribution in [1.82, 2.24) is 5.32 Å². The van der Waals surface area contributed by atoms with Gasteiger partial charge in [0, 0.05) is 7.05 Å². The van der Waals surface area contributed by atoms with Crippen LogP contribution < -0.4 is 5.32 Å². The van der Waals surface area contributed by atoms with E-state index in [-0.39, 0.29) is 6.42 Å². The minimum Gasteiger partial charge on any atom is -0.359 e. The zero-order chi connectivity index (χ0) is 7.72. The van der Waals surface area contributed by atoms with Gasteiger partial charge in [-0.1, -0.05) is 0 Å². The quantitative estimate of drug-likeness (QED) is 0.575. The molecule has 58 valence electrons. The van der Waals surface area contributed by atoms with Gasteiger partial charge in [0.05, 0.1) is 5.92 Å². The zero-order valence-corrected chi connectivity index (χ0v) is 5.60. The summed E-state index contributed by atoms with van der Waals surface area (Å²) in [5.74, 6) is -1.15. The van der Waals surface area contributed by atoms with E-state index >= 15 is 0 Å². The molecule has 10 heavy (non-hydrogen) atoms. The molecule has 0 aliphatic heterocycles. The molecule has 3 unspecified atom stereocenters. The molecular formula is C6H9F2NO. The van der Waals surface area contributed by atoms with Crippen LogP contribution in [0.1, 0.15) is 6.42 Å². The topological polar surface area (TPSA) is 29.1 Å². The predicted octanol–water partition coefficient (Wildman–Crippen LogP) is 0.429. The fourth-order valence-corrected chi connectivity index (χ4v) is 0.996. The summed E-state index contributed by atoms with van der Waals surface area (Å²) < 4.78 is 24.5. The minimum atomic E-state index is -1.58. The van der Waals surface area contributed by atoms with Crippen molar-refractivity contribution in [2.45, 2.75) is 18.8 Å². The third kappa shape index (κ3) is 0.978. The van der Waals surface area contributed by atoms with Gasteiger partial charge in [-0.2, -0.15) is 0 Å². The van der Waals surface area contributed by atoms with Crippen molar-refractivity contribution in [2.24, 2.45) is 5.92 Å². The van der Waals surface area contributed by atoms with Crippen LogP contribution in [0.25, 0.3) is 0 Å². The highest BCUT2D eigenvalue weighted by Gasteiger charge is 2.45. The Morgan fingerprint density at radius 3 is 2.50 bits per heavy atom. The Morgan fingerprint density at radius 1 is 1.60 bits per heavy atom. The molecule has 0 radical (unpaired) electrons. The van der Waals surface area contributed by atoms with E-state index in [4.69, 9.17) is 0 Å². The number of hydrogen-bond donors (Lipinski definition) is 1. The largest absolute Gasteiger partial charge is 0.359 e. The standard InChI is InChI=1S/C6H9F2NO/c1-9-6(10)3-2-4(7)5(3)8/h3-5H,2H2,1H3,(H,9,10). The molecule has 1 fully saturated rings. The summed E-state index contributed by atoms with van der Waals surface area (Å²) in [6, 6.07) is 0. The normalized spacial score (nSPS) is 38.5. The fraction of sp³-hybridized carbons (Fsp3) is 0.833. The Balaban J connectivity index is 2.40. The van der Waals surface area contributed by atoms with Gasteiger partial charge >= 0.3 is 0 Å². The van der Waals surface area contributed by atoms with Crippen molar-refractivity contribution in [3.8, 4) is 0 Å². The third-order valence-corrected chi connectivity index (χ3v) is 1.79. The average molecular weight is 149 g/mol. The molecule has 4 heteroatoms. The summed E-state index contributed by atoms with van der Waals surface area (Å²) in [4.78, 5) is 10.6. The lowest BCUT2D eigenvalue weighted by Crippen LogP contribution is -2.48. The molecule has 0 bridgehead atoms. The summed E-state index contributed by atoms with van der Waals surface area (Å²) in [5.41, 5.74) is 0. The van der Waals surface area contributed by atoms with Gasteiger partial charge in [-0.25, -0.2) is 8.78 Å². The van der Waals surface area contributed by atoms with E-state index < -0.39 is 24.2 Å². The number of hydrogen-bond acceptors (Lipinski definition) is 1. The Labute approximate surface area is 57.6 Å². The molecule has 0 aromatic carbocycles. The summed E-state index contributed by atoms with van der Waals surface area (Å²) >= 11 is 0. The lowest BCUT2D eigenvalue weighted by atomic mass is 9.81. The summed E-state index contributed by atoms with van der Waals surface area (Å²) in [6.07, 6.45) is -2.98. The first-order valence-corrected chi connectivity index (χ1v) is 3.16. The van der Waals surface area contributed by atoms with Gasteiger partial charge in [0.15, 0.2) is 0 Å². The Bertz CT molecular complexity index is 151. The Hall–Kier alpha value is -0.670. The van der Waals surface area contributed by atoms with E-state index in [1.54, 1.807) is 0 Å². The maximum Gasteiger partial charge on any atom is 0.226 e. The molecule has 1 N–H and O–H groups in total. The second-order valence-corrected chi connectivity index (χ2v) is 2.42. The predicted molar refractivity (Wildman–Crippen MR) is 32.0 cm³/mol. The van der Waals surface area contributed by atoms with Gasteiger partial charge in [0.1, 0.15) is 12.3 Å². The maximum atomic E-state index is 12.4. The number of carbonyl (C=O) groups excluding carboxylic acids is 1. The van der Waals surface area contributed by atoms with Crippen LogP contribution in [-0.2, 0) is 4.79 Å². The lowest BCUT2D eigenvalue weighted by molar-refractivity contribution is -0.135. The smallest absolute Gasteiger partial charge is 0.226 e. The van der Waals surface area contributed by atoms with Crippen LogP contribution in [0.15, 0.2) is 0 Å². The van der Waals surface area contributed by atoms with E-state index in [9.17, 15) is 13.6 Å². The van der Waals surface area contributed by atoms with Gasteiger partial charge in [-0.05, 0) is 6.42 Å². The molecule has 1 amide bonds. The molecule has 1 saturated carbocycles. The van der Waals surface area contributed by atoms with Gasteiger partial charge in [0.25, 0.3) is 0 Å². The molecule has 1 rings (SSSR count). The molecule has 3 atom stereocenters. The zero-order valence-electron chi connectivity index (χ0n) is 5.60. The molecule has 1 aliphatic carbocycles. The van der Waals surface area contributed by atoms with Crippen molar-refractivity contribution in [1.29, 1.82) is 0 Å².